The van der Waals surface area contributed by atoms with Crippen LogP contribution in [0.2, 0.25) is 0 Å². The first-order valence-corrected chi connectivity index (χ1v) is 2.90. The first-order chi connectivity index (χ1) is 2.89. The largest absolute Gasteiger partial charge is 1.00 e. The maximum atomic E-state index is 2.13. The Hall–Kier alpha value is 1.42. The van der Waals surface area contributed by atoms with Gasteiger partial charge in [0.05, 0.1) is 0 Å². The van der Waals surface area contributed by atoms with Gasteiger partial charge in [-0.15, -0.1) is 0 Å². The minimum Gasteiger partial charge on any atom is -0.528 e. The summed E-state index contributed by atoms with van der Waals surface area (Å²) in [5, 5.41) is 1.44. The van der Waals surface area contributed by atoms with Gasteiger partial charge in [-0.25, -0.2) is 11.1 Å². The van der Waals surface area contributed by atoms with E-state index >= 15 is 0 Å². The van der Waals surface area contributed by atoms with E-state index in [1.165, 1.54) is 13.5 Å². The molecular formula is C5H6KP. The summed E-state index contributed by atoms with van der Waals surface area (Å²) in [6, 6.07) is 4.21. The average Bonchev–Trinajstić information content (AvgIpc) is 1.86. The smallest absolute Gasteiger partial charge is 0.528 e. The van der Waals surface area contributed by atoms with Gasteiger partial charge >= 0.3 is 51.4 Å². The van der Waals surface area contributed by atoms with Gasteiger partial charge in [-0.3, -0.25) is 0 Å². The van der Waals surface area contributed by atoms with E-state index < -0.39 is 0 Å². The summed E-state index contributed by atoms with van der Waals surface area (Å²) in [4.78, 5) is 0. The molecule has 0 bridgehead atoms. The van der Waals surface area contributed by atoms with Crippen molar-refractivity contribution in [2.24, 2.45) is 0 Å². The molecule has 0 saturated carbocycles. The zero-order chi connectivity index (χ0) is 4.41. The molecule has 0 nitrogen and oxygen atoms in total. The number of hydrogen-bond acceptors (Lipinski definition) is 0. The molecule has 0 aliphatic heterocycles. The van der Waals surface area contributed by atoms with Crippen molar-refractivity contribution in [1.29, 1.82) is 0 Å². The fourth-order valence-corrected chi connectivity index (χ4v) is 0.965. The van der Waals surface area contributed by atoms with E-state index in [1.807, 2.05) is 0 Å². The van der Waals surface area contributed by atoms with Gasteiger partial charge in [0.2, 0.25) is 0 Å². The van der Waals surface area contributed by atoms with Gasteiger partial charge in [0, 0.05) is 0 Å². The van der Waals surface area contributed by atoms with Crippen molar-refractivity contribution in [1.82, 2.24) is 0 Å². The van der Waals surface area contributed by atoms with E-state index in [0.29, 0.717) is 0 Å². The third-order valence-electron chi connectivity index (χ3n) is 0.702. The van der Waals surface area contributed by atoms with Crippen molar-refractivity contribution >= 4 is 8.19 Å². The van der Waals surface area contributed by atoms with E-state index in [9.17, 15) is 0 Å². The molecule has 0 saturated heterocycles. The van der Waals surface area contributed by atoms with Crippen LogP contribution >= 0.6 is 8.19 Å². The molecule has 2 heteroatoms. The third-order valence-corrected chi connectivity index (χ3v) is 1.58. The number of rotatable bonds is 0. The zero-order valence-electron chi connectivity index (χ0n) is 4.68. The molecule has 0 spiro atoms. The molecule has 1 rings (SSSR count). The molecule has 0 fully saturated rings. The Balaban J connectivity index is 0.000000360. The van der Waals surface area contributed by atoms with E-state index in [4.69, 9.17) is 0 Å². The molecule has 1 aromatic heterocycles. The Bertz CT molecular complexity index is 112. The Kier molecular flexibility index (Phi) is 5.18. The molecule has 0 aromatic carbocycles. The molecule has 7 heavy (non-hydrogen) atoms. The standard InChI is InChI=1S/C5H6P.K/c1-5-3-2-4-6-5;/h2-4H,1H3;/q-1;+1. The molecule has 0 amide bonds. The van der Waals surface area contributed by atoms with Crippen LogP contribution in [0.3, 0.4) is 0 Å². The van der Waals surface area contributed by atoms with Gasteiger partial charge in [-0.2, -0.15) is 0 Å². The Labute approximate surface area is 88.2 Å². The van der Waals surface area contributed by atoms with Crippen LogP contribution in [0.25, 0.3) is 0 Å². The van der Waals surface area contributed by atoms with Crippen LogP contribution in [-0.2, 0) is 0 Å². The molecule has 0 unspecified atom stereocenters. The average molecular weight is 136 g/mol. The van der Waals surface area contributed by atoms with Crippen molar-refractivity contribution in [3.63, 3.8) is 0 Å². The quantitative estimate of drug-likeness (QED) is 0.414. The Morgan fingerprint density at radius 2 is 2.29 bits per heavy atom. The molecule has 0 N–H and O–H groups in total. The summed E-state index contributed by atoms with van der Waals surface area (Å²) < 4.78 is 0. The van der Waals surface area contributed by atoms with Crippen LogP contribution in [0.15, 0.2) is 17.9 Å². The fourth-order valence-electron chi connectivity index (χ4n) is 0.386. The van der Waals surface area contributed by atoms with Crippen LogP contribution in [-0.4, -0.2) is 0 Å². The predicted molar refractivity (Wildman–Crippen MR) is 29.3 cm³/mol. The normalized spacial score (nSPS) is 8.71. The van der Waals surface area contributed by atoms with E-state index in [-0.39, 0.29) is 51.4 Å². The summed E-state index contributed by atoms with van der Waals surface area (Å²) in [6.45, 7) is 2.13. The summed E-state index contributed by atoms with van der Waals surface area (Å²) in [6.07, 6.45) is 0. The molecule has 32 valence electrons. The molecule has 1 aromatic rings. The fraction of sp³-hybridized carbons (Fsp3) is 0.200. The van der Waals surface area contributed by atoms with Gasteiger partial charge in [0.1, 0.15) is 0 Å². The summed E-state index contributed by atoms with van der Waals surface area (Å²) >= 11 is 0. The van der Waals surface area contributed by atoms with Crippen molar-refractivity contribution in [3.05, 3.63) is 23.2 Å². The summed E-state index contributed by atoms with van der Waals surface area (Å²) in [5.74, 6) is 2.13. The van der Waals surface area contributed by atoms with Gasteiger partial charge in [0.15, 0.2) is 0 Å². The maximum absolute atomic E-state index is 2.13. The van der Waals surface area contributed by atoms with Crippen LogP contribution in [0.5, 0.6) is 0 Å². The molecular weight excluding hydrogens is 130 g/mol. The second-order valence-corrected chi connectivity index (χ2v) is 2.54. The van der Waals surface area contributed by atoms with E-state index in [0.717, 1.165) is 0 Å². The maximum Gasteiger partial charge on any atom is 1.00 e. The van der Waals surface area contributed by atoms with Crippen molar-refractivity contribution < 1.29 is 51.4 Å². The predicted octanol–water partition coefficient (Wildman–Crippen LogP) is -0.702. The summed E-state index contributed by atoms with van der Waals surface area (Å²) in [5.41, 5.74) is 0. The summed E-state index contributed by atoms with van der Waals surface area (Å²) in [7, 11) is 1.37. The van der Waals surface area contributed by atoms with E-state index in [1.54, 1.807) is 0 Å². The zero-order valence-corrected chi connectivity index (χ0v) is 8.70. The van der Waals surface area contributed by atoms with E-state index in [2.05, 4.69) is 24.9 Å². The minimum absolute atomic E-state index is 0. The molecule has 0 atom stereocenters. The number of hydrogen-bond donors (Lipinski definition) is 0. The Morgan fingerprint density at radius 3 is 2.43 bits per heavy atom. The van der Waals surface area contributed by atoms with Crippen LogP contribution < -0.4 is 51.4 Å². The number of aryl methyl sites for hydroxylation is 1. The minimum atomic E-state index is 0. The van der Waals surface area contributed by atoms with Crippen molar-refractivity contribution in [2.45, 2.75) is 6.92 Å². The molecule has 0 aliphatic rings. The monoisotopic (exact) mass is 136 g/mol. The second-order valence-electron chi connectivity index (χ2n) is 1.28. The van der Waals surface area contributed by atoms with Crippen LogP contribution in [0.4, 0.5) is 0 Å². The molecule has 0 aliphatic carbocycles. The first kappa shape index (κ1) is 8.42. The van der Waals surface area contributed by atoms with Gasteiger partial charge in [-0.05, 0) is 0 Å². The van der Waals surface area contributed by atoms with Crippen molar-refractivity contribution in [2.75, 3.05) is 0 Å². The topological polar surface area (TPSA) is 0 Å². The van der Waals surface area contributed by atoms with Gasteiger partial charge in [0.25, 0.3) is 0 Å². The SMILES string of the molecule is Cc1ccc[p-]1.[K+]. The first-order valence-electron chi connectivity index (χ1n) is 1.94. The Morgan fingerprint density at radius 1 is 1.57 bits per heavy atom. The van der Waals surface area contributed by atoms with Crippen LogP contribution in [0.1, 0.15) is 5.30 Å². The van der Waals surface area contributed by atoms with Crippen LogP contribution in [0, 0.1) is 6.92 Å². The second kappa shape index (κ2) is 4.31. The van der Waals surface area contributed by atoms with Gasteiger partial charge < -0.3 is 8.19 Å². The molecule has 0 radical (unpaired) electrons. The third kappa shape index (κ3) is 3.07. The van der Waals surface area contributed by atoms with Gasteiger partial charge in [-0.1, -0.05) is 19.1 Å². The molecule has 1 heterocycles. The van der Waals surface area contributed by atoms with Crippen molar-refractivity contribution in [3.8, 4) is 0 Å².